The van der Waals surface area contributed by atoms with Gasteiger partial charge in [0.25, 0.3) is 0 Å². The SMILES string of the molecule is CCOC1CC(N)(CN(C)CC2CCCO2)C1(C)C. The first-order valence-corrected chi connectivity index (χ1v) is 7.59. The van der Waals surface area contributed by atoms with Crippen LogP contribution in [-0.4, -0.2) is 56.0 Å². The van der Waals surface area contributed by atoms with E-state index in [0.717, 1.165) is 32.7 Å². The number of hydrogen-bond acceptors (Lipinski definition) is 4. The third-order valence-corrected chi connectivity index (χ3v) is 5.10. The Morgan fingerprint density at radius 3 is 2.68 bits per heavy atom. The maximum Gasteiger partial charge on any atom is 0.0702 e. The van der Waals surface area contributed by atoms with Crippen molar-refractivity contribution in [2.45, 2.75) is 57.8 Å². The van der Waals surface area contributed by atoms with Crippen LogP contribution in [-0.2, 0) is 9.47 Å². The van der Waals surface area contributed by atoms with E-state index < -0.39 is 0 Å². The summed E-state index contributed by atoms with van der Waals surface area (Å²) in [5, 5.41) is 0. The maximum absolute atomic E-state index is 6.61. The lowest BCUT2D eigenvalue weighted by Crippen LogP contribution is -2.73. The molecule has 19 heavy (non-hydrogen) atoms. The van der Waals surface area contributed by atoms with Crippen LogP contribution in [0.5, 0.6) is 0 Å². The summed E-state index contributed by atoms with van der Waals surface area (Å²) < 4.78 is 11.5. The Kier molecular flexibility index (Phi) is 4.56. The predicted molar refractivity (Wildman–Crippen MR) is 77.2 cm³/mol. The van der Waals surface area contributed by atoms with Crippen molar-refractivity contribution in [2.24, 2.45) is 11.1 Å². The van der Waals surface area contributed by atoms with Crippen molar-refractivity contribution < 1.29 is 9.47 Å². The van der Waals surface area contributed by atoms with Crippen molar-refractivity contribution in [3.8, 4) is 0 Å². The third kappa shape index (κ3) is 2.97. The van der Waals surface area contributed by atoms with Crippen LogP contribution in [0.4, 0.5) is 0 Å². The van der Waals surface area contributed by atoms with E-state index in [1.54, 1.807) is 0 Å². The predicted octanol–water partition coefficient (Wildman–Crippen LogP) is 1.63. The quantitative estimate of drug-likeness (QED) is 0.797. The molecule has 0 aromatic rings. The van der Waals surface area contributed by atoms with Gasteiger partial charge in [0.2, 0.25) is 0 Å². The lowest BCUT2D eigenvalue weighted by Gasteiger charge is -2.60. The molecule has 0 aromatic heterocycles. The first-order chi connectivity index (χ1) is 8.89. The summed E-state index contributed by atoms with van der Waals surface area (Å²) in [6, 6.07) is 0. The molecule has 0 amide bonds. The van der Waals surface area contributed by atoms with Gasteiger partial charge < -0.3 is 20.1 Å². The van der Waals surface area contributed by atoms with Gasteiger partial charge in [0.05, 0.1) is 12.2 Å². The van der Waals surface area contributed by atoms with Crippen molar-refractivity contribution in [3.05, 3.63) is 0 Å². The summed E-state index contributed by atoms with van der Waals surface area (Å²) in [5.41, 5.74) is 6.52. The van der Waals surface area contributed by atoms with Crippen LogP contribution in [0, 0.1) is 5.41 Å². The van der Waals surface area contributed by atoms with E-state index >= 15 is 0 Å². The van der Waals surface area contributed by atoms with Gasteiger partial charge in [0.1, 0.15) is 0 Å². The zero-order chi connectivity index (χ0) is 14.1. The Balaban J connectivity index is 1.84. The number of likely N-dealkylation sites (N-methyl/N-ethyl adjacent to an activating group) is 1. The van der Waals surface area contributed by atoms with E-state index in [2.05, 4.69) is 32.7 Å². The largest absolute Gasteiger partial charge is 0.378 e. The number of nitrogens with zero attached hydrogens (tertiary/aromatic N) is 1. The van der Waals surface area contributed by atoms with Crippen LogP contribution in [0.1, 0.15) is 40.0 Å². The van der Waals surface area contributed by atoms with E-state index in [1.165, 1.54) is 12.8 Å². The molecule has 2 N–H and O–H groups in total. The Labute approximate surface area is 117 Å². The minimum Gasteiger partial charge on any atom is -0.378 e. The van der Waals surface area contributed by atoms with Crippen LogP contribution in [0.3, 0.4) is 0 Å². The van der Waals surface area contributed by atoms with Gasteiger partial charge in [-0.2, -0.15) is 0 Å². The molecular weight excluding hydrogens is 240 g/mol. The molecule has 0 radical (unpaired) electrons. The molecule has 1 saturated carbocycles. The molecule has 2 rings (SSSR count). The molecule has 4 heteroatoms. The Bertz CT molecular complexity index is 303. The molecule has 1 heterocycles. The van der Waals surface area contributed by atoms with Crippen LogP contribution >= 0.6 is 0 Å². The highest BCUT2D eigenvalue weighted by Crippen LogP contribution is 2.49. The zero-order valence-electron chi connectivity index (χ0n) is 12.9. The molecular formula is C15H30N2O2. The van der Waals surface area contributed by atoms with Gasteiger partial charge in [0.15, 0.2) is 0 Å². The smallest absolute Gasteiger partial charge is 0.0702 e. The standard InChI is InChI=1S/C15H30N2O2/c1-5-18-13-9-15(16,14(13,2)3)11-17(4)10-12-7-6-8-19-12/h12-13H,5-11,16H2,1-4H3. The number of nitrogens with two attached hydrogens (primary N) is 1. The molecule has 0 bridgehead atoms. The molecule has 4 nitrogen and oxygen atoms in total. The molecule has 1 aliphatic heterocycles. The van der Waals surface area contributed by atoms with Gasteiger partial charge in [0, 0.05) is 37.3 Å². The van der Waals surface area contributed by atoms with E-state index in [9.17, 15) is 0 Å². The third-order valence-electron chi connectivity index (χ3n) is 5.10. The van der Waals surface area contributed by atoms with Crippen molar-refractivity contribution in [3.63, 3.8) is 0 Å². The normalized spacial score (nSPS) is 37.6. The average Bonchev–Trinajstić information content (AvgIpc) is 2.81. The Morgan fingerprint density at radius 1 is 1.42 bits per heavy atom. The van der Waals surface area contributed by atoms with Gasteiger partial charge >= 0.3 is 0 Å². The second kappa shape index (κ2) is 5.68. The fourth-order valence-electron chi connectivity index (χ4n) is 3.46. The van der Waals surface area contributed by atoms with Crippen molar-refractivity contribution in [1.29, 1.82) is 0 Å². The van der Waals surface area contributed by atoms with E-state index in [0.29, 0.717) is 12.2 Å². The van der Waals surface area contributed by atoms with Crippen LogP contribution in [0.15, 0.2) is 0 Å². The molecule has 3 unspecified atom stereocenters. The van der Waals surface area contributed by atoms with Crippen molar-refractivity contribution in [2.75, 3.05) is 33.4 Å². The minimum atomic E-state index is -0.139. The number of hydrogen-bond donors (Lipinski definition) is 1. The molecule has 0 spiro atoms. The maximum atomic E-state index is 6.61. The van der Waals surface area contributed by atoms with Gasteiger partial charge in [-0.1, -0.05) is 13.8 Å². The first kappa shape index (κ1) is 15.2. The summed E-state index contributed by atoms with van der Waals surface area (Å²) in [6.07, 6.45) is 4.05. The average molecular weight is 270 g/mol. The fraction of sp³-hybridized carbons (Fsp3) is 1.00. The highest BCUT2D eigenvalue weighted by molar-refractivity contribution is 5.14. The van der Waals surface area contributed by atoms with Gasteiger partial charge in [-0.05, 0) is 33.2 Å². The van der Waals surface area contributed by atoms with Crippen LogP contribution < -0.4 is 5.73 Å². The molecule has 2 aliphatic rings. The second-order valence-electron chi connectivity index (χ2n) is 6.86. The fourth-order valence-corrected chi connectivity index (χ4v) is 3.46. The topological polar surface area (TPSA) is 47.7 Å². The highest BCUT2D eigenvalue weighted by atomic mass is 16.5. The molecule has 1 saturated heterocycles. The lowest BCUT2D eigenvalue weighted by molar-refractivity contribution is -0.156. The van der Waals surface area contributed by atoms with E-state index in [1.807, 2.05) is 0 Å². The summed E-state index contributed by atoms with van der Waals surface area (Å²) in [4.78, 5) is 2.33. The van der Waals surface area contributed by atoms with E-state index in [4.69, 9.17) is 15.2 Å². The van der Waals surface area contributed by atoms with Gasteiger partial charge in [-0.15, -0.1) is 0 Å². The number of ether oxygens (including phenoxy) is 2. The van der Waals surface area contributed by atoms with Gasteiger partial charge in [-0.25, -0.2) is 0 Å². The lowest BCUT2D eigenvalue weighted by atomic mass is 9.54. The molecule has 1 aliphatic carbocycles. The monoisotopic (exact) mass is 270 g/mol. The van der Waals surface area contributed by atoms with E-state index in [-0.39, 0.29) is 11.0 Å². The molecule has 0 aromatic carbocycles. The summed E-state index contributed by atoms with van der Waals surface area (Å²) in [5.74, 6) is 0. The molecule has 2 fully saturated rings. The molecule has 3 atom stereocenters. The summed E-state index contributed by atoms with van der Waals surface area (Å²) >= 11 is 0. The molecule has 112 valence electrons. The highest BCUT2D eigenvalue weighted by Gasteiger charge is 2.58. The van der Waals surface area contributed by atoms with Gasteiger partial charge in [-0.3, -0.25) is 0 Å². The van der Waals surface area contributed by atoms with Crippen molar-refractivity contribution >= 4 is 0 Å². The van der Waals surface area contributed by atoms with Crippen molar-refractivity contribution in [1.82, 2.24) is 4.90 Å². The Hall–Kier alpha value is -0.160. The second-order valence-corrected chi connectivity index (χ2v) is 6.86. The van der Waals surface area contributed by atoms with Crippen LogP contribution in [0.25, 0.3) is 0 Å². The summed E-state index contributed by atoms with van der Waals surface area (Å²) in [7, 11) is 2.15. The Morgan fingerprint density at radius 2 is 2.16 bits per heavy atom. The minimum absolute atomic E-state index is 0.0494. The number of rotatable bonds is 6. The first-order valence-electron chi connectivity index (χ1n) is 7.59. The zero-order valence-corrected chi connectivity index (χ0v) is 12.9. The summed E-state index contributed by atoms with van der Waals surface area (Å²) in [6.45, 7) is 10.1. The van der Waals surface area contributed by atoms with Crippen LogP contribution in [0.2, 0.25) is 0 Å².